The van der Waals surface area contributed by atoms with Gasteiger partial charge < -0.3 is 19.7 Å². The summed E-state index contributed by atoms with van der Waals surface area (Å²) in [6.07, 6.45) is 0. The van der Waals surface area contributed by atoms with E-state index in [2.05, 4.69) is 50.4 Å². The van der Waals surface area contributed by atoms with Crippen LogP contribution in [0, 0.1) is 0 Å². The third-order valence-corrected chi connectivity index (χ3v) is 5.44. The lowest BCUT2D eigenvalue weighted by Gasteiger charge is -2.34. The number of ether oxygens (including phenoxy) is 2. The molecule has 27 heavy (non-hydrogen) atoms. The van der Waals surface area contributed by atoms with Gasteiger partial charge >= 0.3 is 6.03 Å². The fourth-order valence-corrected chi connectivity index (χ4v) is 3.73. The third-order valence-electron chi connectivity index (χ3n) is 4.78. The first kappa shape index (κ1) is 18.1. The number of carbonyl (C=O) groups excluding carboxylic acids is 1. The molecule has 0 atom stereocenters. The average Bonchev–Trinajstić information content (AvgIpc) is 2.70. The van der Waals surface area contributed by atoms with E-state index < -0.39 is 0 Å². The Morgan fingerprint density at radius 2 is 1.67 bits per heavy atom. The molecule has 1 saturated heterocycles. The van der Waals surface area contributed by atoms with Crippen molar-refractivity contribution in [1.29, 1.82) is 0 Å². The van der Waals surface area contributed by atoms with E-state index in [1.54, 1.807) is 0 Å². The first-order chi connectivity index (χ1) is 13.2. The van der Waals surface area contributed by atoms with Crippen molar-refractivity contribution in [1.82, 2.24) is 9.80 Å². The topological polar surface area (TPSA) is 54.0 Å². The number of fused-ring (bicyclic) bond motifs is 1. The summed E-state index contributed by atoms with van der Waals surface area (Å²) in [5, 5.41) is 2.98. The van der Waals surface area contributed by atoms with E-state index in [0.29, 0.717) is 43.5 Å². The minimum absolute atomic E-state index is 0.0910. The molecule has 0 saturated carbocycles. The van der Waals surface area contributed by atoms with Crippen molar-refractivity contribution >= 4 is 27.6 Å². The van der Waals surface area contributed by atoms with Gasteiger partial charge in [0.25, 0.3) is 0 Å². The molecular weight excluding hydrogens is 410 g/mol. The molecule has 2 aromatic carbocycles. The van der Waals surface area contributed by atoms with Gasteiger partial charge in [-0.05, 0) is 21.5 Å². The summed E-state index contributed by atoms with van der Waals surface area (Å²) in [5.41, 5.74) is 1.99. The predicted octanol–water partition coefficient (Wildman–Crippen LogP) is 3.57. The third kappa shape index (κ3) is 4.36. The number of carbonyl (C=O) groups is 1. The van der Waals surface area contributed by atoms with Gasteiger partial charge in [-0.1, -0.05) is 30.3 Å². The average molecular weight is 432 g/mol. The molecule has 2 aliphatic heterocycles. The fraction of sp³-hybridized carbons (Fsp3) is 0.350. The van der Waals surface area contributed by atoms with Gasteiger partial charge in [0, 0.05) is 49.3 Å². The first-order valence-electron chi connectivity index (χ1n) is 9.10. The molecule has 6 nitrogen and oxygen atoms in total. The Hall–Kier alpha value is -2.25. The van der Waals surface area contributed by atoms with Crippen LogP contribution in [0.5, 0.6) is 11.5 Å². The van der Waals surface area contributed by atoms with Crippen molar-refractivity contribution in [2.45, 2.75) is 6.54 Å². The lowest BCUT2D eigenvalue weighted by atomic mass is 10.2. The Kier molecular flexibility index (Phi) is 5.50. The molecule has 0 unspecified atom stereocenters. The monoisotopic (exact) mass is 431 g/mol. The maximum absolute atomic E-state index is 12.7. The molecule has 0 spiro atoms. The molecule has 4 rings (SSSR count). The summed E-state index contributed by atoms with van der Waals surface area (Å²) in [6.45, 7) is 5.13. The van der Waals surface area contributed by atoms with Crippen LogP contribution in [-0.2, 0) is 6.54 Å². The molecule has 0 radical (unpaired) electrons. The number of anilines is 1. The zero-order chi connectivity index (χ0) is 18.6. The normalized spacial score (nSPS) is 16.9. The van der Waals surface area contributed by atoms with Crippen LogP contribution in [0.15, 0.2) is 46.9 Å². The van der Waals surface area contributed by atoms with E-state index in [9.17, 15) is 4.79 Å². The van der Waals surface area contributed by atoms with Gasteiger partial charge in [-0.3, -0.25) is 4.90 Å². The summed E-state index contributed by atoms with van der Waals surface area (Å²) >= 11 is 3.50. The van der Waals surface area contributed by atoms with Crippen LogP contribution >= 0.6 is 15.9 Å². The van der Waals surface area contributed by atoms with E-state index in [0.717, 1.165) is 24.1 Å². The molecule has 2 heterocycles. The Balaban J connectivity index is 1.33. The Morgan fingerprint density at radius 1 is 1.00 bits per heavy atom. The van der Waals surface area contributed by atoms with Gasteiger partial charge in [-0.25, -0.2) is 4.79 Å². The predicted molar refractivity (Wildman–Crippen MR) is 107 cm³/mol. The maximum Gasteiger partial charge on any atom is 0.321 e. The minimum Gasteiger partial charge on any atom is -0.486 e. The van der Waals surface area contributed by atoms with Crippen molar-refractivity contribution < 1.29 is 14.3 Å². The van der Waals surface area contributed by atoms with Crippen LogP contribution in [-0.4, -0.2) is 55.2 Å². The van der Waals surface area contributed by atoms with E-state index in [1.807, 2.05) is 23.1 Å². The van der Waals surface area contributed by atoms with Crippen LogP contribution in [0.3, 0.4) is 0 Å². The van der Waals surface area contributed by atoms with Crippen LogP contribution in [0.2, 0.25) is 0 Å². The number of halogens is 1. The Labute approximate surface area is 167 Å². The van der Waals surface area contributed by atoms with Crippen LogP contribution in [0.25, 0.3) is 0 Å². The number of urea groups is 1. The SMILES string of the molecule is O=C(Nc1cc2c(cc1Br)OCCO2)N1CCN(Cc2ccccc2)CC1. The number of hydrogen-bond donors (Lipinski definition) is 1. The summed E-state index contributed by atoms with van der Waals surface area (Å²) in [5.74, 6) is 1.35. The number of rotatable bonds is 3. The number of amides is 2. The molecule has 0 aliphatic carbocycles. The highest BCUT2D eigenvalue weighted by Gasteiger charge is 2.23. The quantitative estimate of drug-likeness (QED) is 0.806. The molecule has 1 N–H and O–H groups in total. The fourth-order valence-electron chi connectivity index (χ4n) is 3.30. The van der Waals surface area contributed by atoms with Crippen molar-refractivity contribution in [3.8, 4) is 11.5 Å². The molecule has 2 amide bonds. The Morgan fingerprint density at radius 3 is 2.37 bits per heavy atom. The summed E-state index contributed by atoms with van der Waals surface area (Å²) in [4.78, 5) is 16.9. The second-order valence-electron chi connectivity index (χ2n) is 6.65. The van der Waals surface area contributed by atoms with E-state index >= 15 is 0 Å². The van der Waals surface area contributed by atoms with Gasteiger partial charge in [0.1, 0.15) is 13.2 Å². The minimum atomic E-state index is -0.0910. The lowest BCUT2D eigenvalue weighted by molar-refractivity contribution is 0.143. The number of nitrogens with zero attached hydrogens (tertiary/aromatic N) is 2. The maximum atomic E-state index is 12.7. The van der Waals surface area contributed by atoms with Crippen molar-refractivity contribution in [2.75, 3.05) is 44.7 Å². The lowest BCUT2D eigenvalue weighted by Crippen LogP contribution is -2.49. The van der Waals surface area contributed by atoms with Crippen LogP contribution in [0.4, 0.5) is 10.5 Å². The molecule has 0 aromatic heterocycles. The summed E-state index contributed by atoms with van der Waals surface area (Å²) < 4.78 is 11.9. The molecule has 2 aliphatic rings. The first-order valence-corrected chi connectivity index (χ1v) is 9.90. The summed E-state index contributed by atoms with van der Waals surface area (Å²) in [6, 6.07) is 14.0. The Bertz CT molecular complexity index is 808. The standard InChI is InChI=1S/C20H22BrN3O3/c21-16-12-18-19(27-11-10-26-18)13-17(16)22-20(25)24-8-6-23(7-9-24)14-15-4-2-1-3-5-15/h1-5,12-13H,6-11,14H2,(H,22,25). The van der Waals surface area contributed by atoms with Gasteiger partial charge in [0.2, 0.25) is 0 Å². The van der Waals surface area contributed by atoms with Gasteiger partial charge in [-0.15, -0.1) is 0 Å². The van der Waals surface area contributed by atoms with Crippen molar-refractivity contribution in [3.05, 3.63) is 52.5 Å². The zero-order valence-electron chi connectivity index (χ0n) is 15.0. The smallest absolute Gasteiger partial charge is 0.321 e. The largest absolute Gasteiger partial charge is 0.486 e. The van der Waals surface area contributed by atoms with Crippen molar-refractivity contribution in [2.24, 2.45) is 0 Å². The van der Waals surface area contributed by atoms with E-state index in [1.165, 1.54) is 5.56 Å². The molecule has 1 fully saturated rings. The molecular formula is C20H22BrN3O3. The molecule has 7 heteroatoms. The number of piperazine rings is 1. The molecule has 2 aromatic rings. The zero-order valence-corrected chi connectivity index (χ0v) is 16.6. The number of nitrogens with one attached hydrogen (secondary N) is 1. The van der Waals surface area contributed by atoms with Crippen LogP contribution < -0.4 is 14.8 Å². The highest BCUT2D eigenvalue weighted by atomic mass is 79.9. The van der Waals surface area contributed by atoms with Crippen LogP contribution in [0.1, 0.15) is 5.56 Å². The number of hydrogen-bond acceptors (Lipinski definition) is 4. The summed E-state index contributed by atoms with van der Waals surface area (Å²) in [7, 11) is 0. The second-order valence-corrected chi connectivity index (χ2v) is 7.51. The van der Waals surface area contributed by atoms with Gasteiger partial charge in [0.05, 0.1) is 5.69 Å². The van der Waals surface area contributed by atoms with Gasteiger partial charge in [0.15, 0.2) is 11.5 Å². The molecule has 0 bridgehead atoms. The van der Waals surface area contributed by atoms with E-state index in [4.69, 9.17) is 9.47 Å². The van der Waals surface area contributed by atoms with E-state index in [-0.39, 0.29) is 6.03 Å². The highest BCUT2D eigenvalue weighted by molar-refractivity contribution is 9.10. The van der Waals surface area contributed by atoms with Crippen molar-refractivity contribution in [3.63, 3.8) is 0 Å². The highest BCUT2D eigenvalue weighted by Crippen LogP contribution is 2.38. The molecule has 142 valence electrons. The number of benzene rings is 2. The van der Waals surface area contributed by atoms with Gasteiger partial charge in [-0.2, -0.15) is 0 Å². The second kappa shape index (κ2) is 8.19.